The first-order valence-electron chi connectivity index (χ1n) is 7.28. The van der Waals surface area contributed by atoms with Crippen LogP contribution in [0.25, 0.3) is 0 Å². The zero-order valence-corrected chi connectivity index (χ0v) is 12.7. The Labute approximate surface area is 135 Å². The Morgan fingerprint density at radius 1 is 1.29 bits per heavy atom. The van der Waals surface area contributed by atoms with Crippen molar-refractivity contribution < 1.29 is 31.9 Å². The summed E-state index contributed by atoms with van der Waals surface area (Å²) in [6, 6.07) is 1.11. The molecule has 1 heterocycles. The Bertz CT molecular complexity index is 628. The fraction of sp³-hybridized carbons (Fsp3) is 0.467. The molecule has 2 amide bonds. The predicted molar refractivity (Wildman–Crippen MR) is 76.6 cm³/mol. The number of alkyl halides is 3. The van der Waals surface area contributed by atoms with Crippen molar-refractivity contribution in [2.24, 2.45) is 0 Å². The maximum absolute atomic E-state index is 13.6. The molecule has 0 aliphatic carbocycles. The summed E-state index contributed by atoms with van der Waals surface area (Å²) in [6.07, 6.45) is -3.35. The molecule has 9 heteroatoms. The van der Waals surface area contributed by atoms with Crippen LogP contribution in [0.3, 0.4) is 0 Å². The minimum Gasteiger partial charge on any atom is -0.376 e. The number of ether oxygens (including phenoxy) is 1. The number of anilines is 1. The zero-order chi connectivity index (χ0) is 17.9. The number of hydrogen-bond acceptors (Lipinski definition) is 3. The van der Waals surface area contributed by atoms with Crippen molar-refractivity contribution in [1.29, 1.82) is 0 Å². The highest BCUT2D eigenvalue weighted by molar-refractivity contribution is 6.39. The van der Waals surface area contributed by atoms with Crippen LogP contribution in [0, 0.1) is 5.82 Å². The zero-order valence-electron chi connectivity index (χ0n) is 12.7. The second-order valence-corrected chi connectivity index (χ2v) is 5.46. The minimum absolute atomic E-state index is 0.230. The Balaban J connectivity index is 2.02. The maximum Gasteiger partial charge on any atom is 0.416 e. The van der Waals surface area contributed by atoms with Crippen molar-refractivity contribution in [3.63, 3.8) is 0 Å². The van der Waals surface area contributed by atoms with Gasteiger partial charge in [0.2, 0.25) is 0 Å². The SMILES string of the molecule is C[C@@H](NC(=O)C(=O)Nc1cc(C(F)(F)F)ccc1F)[C@@H]1CCCO1. The van der Waals surface area contributed by atoms with E-state index in [2.05, 4.69) is 5.32 Å². The molecule has 2 N–H and O–H groups in total. The first-order chi connectivity index (χ1) is 11.2. The summed E-state index contributed by atoms with van der Waals surface area (Å²) in [5.41, 5.74) is -1.85. The Morgan fingerprint density at radius 3 is 2.58 bits per heavy atom. The minimum atomic E-state index is -4.69. The number of carbonyl (C=O) groups is 2. The summed E-state index contributed by atoms with van der Waals surface area (Å²) in [6.45, 7) is 2.21. The number of nitrogens with one attached hydrogen (secondary N) is 2. The molecule has 0 spiro atoms. The molecule has 0 bridgehead atoms. The molecule has 2 rings (SSSR count). The van der Waals surface area contributed by atoms with Gasteiger partial charge >= 0.3 is 18.0 Å². The van der Waals surface area contributed by atoms with Crippen LogP contribution < -0.4 is 10.6 Å². The van der Waals surface area contributed by atoms with E-state index >= 15 is 0 Å². The number of halogens is 4. The fourth-order valence-corrected chi connectivity index (χ4v) is 2.34. The van der Waals surface area contributed by atoms with Crippen LogP contribution in [0.4, 0.5) is 23.2 Å². The van der Waals surface area contributed by atoms with Crippen LogP contribution in [0.15, 0.2) is 18.2 Å². The van der Waals surface area contributed by atoms with Gasteiger partial charge in [0, 0.05) is 6.61 Å². The molecular weight excluding hydrogens is 332 g/mol. The highest BCUT2D eigenvalue weighted by atomic mass is 19.4. The van der Waals surface area contributed by atoms with Crippen molar-refractivity contribution in [3.8, 4) is 0 Å². The van der Waals surface area contributed by atoms with Gasteiger partial charge < -0.3 is 15.4 Å². The Hall–Kier alpha value is -2.16. The second kappa shape index (κ2) is 7.16. The van der Waals surface area contributed by atoms with E-state index in [0.29, 0.717) is 24.8 Å². The van der Waals surface area contributed by atoms with Crippen LogP contribution in [0.2, 0.25) is 0 Å². The van der Waals surface area contributed by atoms with E-state index in [1.165, 1.54) is 0 Å². The van der Waals surface area contributed by atoms with Gasteiger partial charge in [-0.2, -0.15) is 13.2 Å². The van der Waals surface area contributed by atoms with Gasteiger partial charge in [0.05, 0.1) is 23.4 Å². The fourth-order valence-electron chi connectivity index (χ4n) is 2.34. The van der Waals surface area contributed by atoms with E-state index < -0.39 is 41.1 Å². The summed E-state index contributed by atoms with van der Waals surface area (Å²) in [5, 5.41) is 4.24. The number of benzene rings is 1. The topological polar surface area (TPSA) is 67.4 Å². The monoisotopic (exact) mass is 348 g/mol. The molecule has 0 unspecified atom stereocenters. The molecule has 1 aliphatic rings. The number of amides is 2. The molecule has 0 radical (unpaired) electrons. The number of carbonyl (C=O) groups excluding carboxylic acids is 2. The van der Waals surface area contributed by atoms with E-state index in [0.717, 1.165) is 12.8 Å². The van der Waals surface area contributed by atoms with Crippen molar-refractivity contribution in [2.45, 2.75) is 38.1 Å². The van der Waals surface area contributed by atoms with Crippen LogP contribution in [-0.2, 0) is 20.5 Å². The quantitative estimate of drug-likeness (QED) is 0.651. The van der Waals surface area contributed by atoms with E-state index in [1.54, 1.807) is 6.92 Å². The van der Waals surface area contributed by atoms with Gasteiger partial charge in [0.25, 0.3) is 0 Å². The first kappa shape index (κ1) is 18.2. The average molecular weight is 348 g/mol. The van der Waals surface area contributed by atoms with Gasteiger partial charge in [0.15, 0.2) is 0 Å². The summed E-state index contributed by atoms with van der Waals surface area (Å²) in [5.74, 6) is -3.40. The third-order valence-corrected chi connectivity index (χ3v) is 3.63. The first-order valence-corrected chi connectivity index (χ1v) is 7.28. The van der Waals surface area contributed by atoms with Crippen molar-refractivity contribution in [3.05, 3.63) is 29.6 Å². The average Bonchev–Trinajstić information content (AvgIpc) is 3.02. The summed E-state index contributed by atoms with van der Waals surface area (Å²) >= 11 is 0. The molecular formula is C15H16F4N2O3. The highest BCUT2D eigenvalue weighted by Gasteiger charge is 2.32. The van der Waals surface area contributed by atoms with E-state index in [9.17, 15) is 27.2 Å². The van der Waals surface area contributed by atoms with Crippen molar-refractivity contribution in [1.82, 2.24) is 5.32 Å². The second-order valence-electron chi connectivity index (χ2n) is 5.46. The molecule has 1 aromatic rings. The Kier molecular flexibility index (Phi) is 5.43. The van der Waals surface area contributed by atoms with Gasteiger partial charge in [-0.1, -0.05) is 0 Å². The van der Waals surface area contributed by atoms with Gasteiger partial charge in [-0.15, -0.1) is 0 Å². The van der Waals surface area contributed by atoms with Crippen LogP contribution in [0.1, 0.15) is 25.3 Å². The summed E-state index contributed by atoms with van der Waals surface area (Å²) in [7, 11) is 0. The van der Waals surface area contributed by atoms with E-state index in [4.69, 9.17) is 4.74 Å². The van der Waals surface area contributed by atoms with E-state index in [-0.39, 0.29) is 6.10 Å². The molecule has 2 atom stereocenters. The van der Waals surface area contributed by atoms with Gasteiger partial charge in [-0.05, 0) is 38.0 Å². The van der Waals surface area contributed by atoms with Crippen molar-refractivity contribution in [2.75, 3.05) is 11.9 Å². The lowest BCUT2D eigenvalue weighted by Gasteiger charge is -2.19. The van der Waals surface area contributed by atoms with Gasteiger partial charge in [-0.3, -0.25) is 9.59 Å². The predicted octanol–water partition coefficient (Wildman–Crippen LogP) is 2.47. The molecule has 5 nitrogen and oxygen atoms in total. The number of rotatable bonds is 3. The normalized spacial score (nSPS) is 19.0. The Morgan fingerprint density at radius 2 is 2.00 bits per heavy atom. The molecule has 1 aromatic carbocycles. The third-order valence-electron chi connectivity index (χ3n) is 3.63. The highest BCUT2D eigenvalue weighted by Crippen LogP contribution is 2.31. The molecule has 24 heavy (non-hydrogen) atoms. The van der Waals surface area contributed by atoms with Crippen LogP contribution in [0.5, 0.6) is 0 Å². The van der Waals surface area contributed by atoms with Gasteiger partial charge in [0.1, 0.15) is 5.82 Å². The molecule has 1 aliphatic heterocycles. The van der Waals surface area contributed by atoms with Crippen LogP contribution >= 0.6 is 0 Å². The smallest absolute Gasteiger partial charge is 0.376 e. The summed E-state index contributed by atoms with van der Waals surface area (Å²) < 4.78 is 56.7. The standard InChI is InChI=1S/C15H16F4N2O3/c1-8(12-3-2-6-24-12)20-13(22)14(23)21-11-7-9(15(17,18)19)4-5-10(11)16/h4-5,7-8,12H,2-3,6H2,1H3,(H,20,22)(H,21,23)/t8-,12+/m1/s1. The van der Waals surface area contributed by atoms with Crippen LogP contribution in [-0.4, -0.2) is 30.6 Å². The lowest BCUT2D eigenvalue weighted by molar-refractivity contribution is -0.137. The molecule has 132 valence electrons. The lowest BCUT2D eigenvalue weighted by Crippen LogP contribution is -2.45. The maximum atomic E-state index is 13.6. The number of hydrogen-bond donors (Lipinski definition) is 2. The van der Waals surface area contributed by atoms with Gasteiger partial charge in [-0.25, -0.2) is 4.39 Å². The molecule has 1 fully saturated rings. The largest absolute Gasteiger partial charge is 0.416 e. The molecule has 0 saturated carbocycles. The molecule has 0 aromatic heterocycles. The molecule has 1 saturated heterocycles. The summed E-state index contributed by atoms with van der Waals surface area (Å²) in [4.78, 5) is 23.5. The third kappa shape index (κ3) is 4.44. The van der Waals surface area contributed by atoms with Crippen molar-refractivity contribution >= 4 is 17.5 Å². The van der Waals surface area contributed by atoms with E-state index in [1.807, 2.05) is 5.32 Å². The lowest BCUT2D eigenvalue weighted by atomic mass is 10.1.